The van der Waals surface area contributed by atoms with E-state index in [1.807, 2.05) is 57.3 Å². The quantitative estimate of drug-likeness (QED) is 0.662. The Morgan fingerprint density at radius 2 is 1.66 bits per heavy atom. The lowest BCUT2D eigenvalue weighted by Gasteiger charge is -2.34. The van der Waals surface area contributed by atoms with Gasteiger partial charge in [0.2, 0.25) is 10.0 Å². The topological polar surface area (TPSA) is 75.0 Å². The predicted octanol–water partition coefficient (Wildman–Crippen LogP) is 2.41. The van der Waals surface area contributed by atoms with Crippen LogP contribution in [0.4, 0.5) is 0 Å². The molecule has 0 atom stereocenters. The van der Waals surface area contributed by atoms with E-state index in [1.54, 1.807) is 15.5 Å². The van der Waals surface area contributed by atoms with Crippen LogP contribution in [0.1, 0.15) is 27.2 Å². The Hall–Kier alpha value is -2.71. The molecule has 3 heterocycles. The van der Waals surface area contributed by atoms with Crippen LogP contribution in [0, 0.1) is 20.8 Å². The maximum Gasteiger partial charge on any atom is 0.274 e. The van der Waals surface area contributed by atoms with Crippen LogP contribution in [0.25, 0.3) is 5.65 Å². The fraction of sp³-hybridized carbons (Fsp3) is 0.333. The van der Waals surface area contributed by atoms with Crippen molar-refractivity contribution in [3.8, 4) is 0 Å². The second-order valence-corrected chi connectivity index (χ2v) is 9.39. The standard InChI is InChI=1S/C21H24N4O3S/c1-15-12-16(2)20(17(3)13-15)29(27,28)25-10-8-23(9-11-25)21(26)18-14-24-7-5-4-6-19(24)22-18/h4-7,12-14H,8-11H2,1-3H3. The number of carbonyl (C=O) groups is 1. The molecular formula is C21H24N4O3S. The van der Waals surface area contributed by atoms with Crippen LogP contribution in [0.3, 0.4) is 0 Å². The second kappa shape index (κ2) is 7.27. The van der Waals surface area contributed by atoms with Crippen LogP contribution < -0.4 is 0 Å². The number of aryl methyl sites for hydroxylation is 3. The first-order chi connectivity index (χ1) is 13.8. The first-order valence-electron chi connectivity index (χ1n) is 9.58. The molecule has 0 N–H and O–H groups in total. The third kappa shape index (κ3) is 3.54. The van der Waals surface area contributed by atoms with Gasteiger partial charge < -0.3 is 9.30 Å². The smallest absolute Gasteiger partial charge is 0.274 e. The summed E-state index contributed by atoms with van der Waals surface area (Å²) in [4.78, 5) is 19.2. The lowest BCUT2D eigenvalue weighted by molar-refractivity contribution is 0.0692. The molecule has 1 aromatic carbocycles. The van der Waals surface area contributed by atoms with Gasteiger partial charge in [-0.25, -0.2) is 13.4 Å². The minimum atomic E-state index is -3.60. The lowest BCUT2D eigenvalue weighted by atomic mass is 10.1. The van der Waals surface area contributed by atoms with Crippen molar-refractivity contribution in [3.63, 3.8) is 0 Å². The van der Waals surface area contributed by atoms with Crippen molar-refractivity contribution in [3.05, 3.63) is 65.1 Å². The summed E-state index contributed by atoms with van der Waals surface area (Å²) in [6.07, 6.45) is 3.55. The molecule has 2 aromatic heterocycles. The highest BCUT2D eigenvalue weighted by atomic mass is 32.2. The first-order valence-corrected chi connectivity index (χ1v) is 11.0. The molecule has 4 rings (SSSR count). The molecule has 0 unspecified atom stereocenters. The number of sulfonamides is 1. The van der Waals surface area contributed by atoms with Gasteiger partial charge in [0.05, 0.1) is 4.90 Å². The molecule has 1 fully saturated rings. The molecule has 0 aliphatic carbocycles. The van der Waals surface area contributed by atoms with E-state index in [-0.39, 0.29) is 19.0 Å². The molecule has 0 saturated carbocycles. The van der Waals surface area contributed by atoms with E-state index in [0.717, 1.165) is 16.7 Å². The molecule has 0 spiro atoms. The van der Waals surface area contributed by atoms with Crippen LogP contribution in [-0.2, 0) is 10.0 Å². The summed E-state index contributed by atoms with van der Waals surface area (Å²) in [5.41, 5.74) is 3.64. The van der Waals surface area contributed by atoms with Crippen LogP contribution in [0.2, 0.25) is 0 Å². The molecular weight excluding hydrogens is 388 g/mol. The highest BCUT2D eigenvalue weighted by Crippen LogP contribution is 2.26. The Balaban J connectivity index is 1.51. The summed E-state index contributed by atoms with van der Waals surface area (Å²) in [6, 6.07) is 9.37. The number of benzene rings is 1. The maximum atomic E-state index is 13.2. The van der Waals surface area contributed by atoms with Gasteiger partial charge in [0.1, 0.15) is 11.3 Å². The Bertz CT molecular complexity index is 1140. The Labute approximate surface area is 170 Å². The number of piperazine rings is 1. The number of aromatic nitrogens is 2. The first kappa shape index (κ1) is 19.6. The number of hydrogen-bond donors (Lipinski definition) is 0. The molecule has 3 aromatic rings. The van der Waals surface area contributed by atoms with Gasteiger partial charge in [-0.05, 0) is 44.0 Å². The molecule has 8 heteroatoms. The second-order valence-electron chi connectivity index (χ2n) is 7.52. The molecule has 1 amide bonds. The highest BCUT2D eigenvalue weighted by molar-refractivity contribution is 7.89. The zero-order valence-electron chi connectivity index (χ0n) is 16.8. The van der Waals surface area contributed by atoms with Crippen molar-refractivity contribution < 1.29 is 13.2 Å². The molecule has 29 heavy (non-hydrogen) atoms. The van der Waals surface area contributed by atoms with Gasteiger partial charge in [-0.3, -0.25) is 4.79 Å². The number of imidazole rings is 1. The summed E-state index contributed by atoms with van der Waals surface area (Å²) in [7, 11) is -3.60. The number of fused-ring (bicyclic) bond motifs is 1. The SMILES string of the molecule is Cc1cc(C)c(S(=O)(=O)N2CCN(C(=O)c3cn4ccccc4n3)CC2)c(C)c1. The van der Waals surface area contributed by atoms with Gasteiger partial charge in [-0.15, -0.1) is 0 Å². The maximum absolute atomic E-state index is 13.2. The average molecular weight is 413 g/mol. The molecule has 0 radical (unpaired) electrons. The summed E-state index contributed by atoms with van der Waals surface area (Å²) in [6.45, 7) is 6.85. The Kier molecular flexibility index (Phi) is 4.92. The van der Waals surface area contributed by atoms with Crippen molar-refractivity contribution in [2.24, 2.45) is 0 Å². The molecule has 0 bridgehead atoms. The van der Waals surface area contributed by atoms with Crippen molar-refractivity contribution >= 4 is 21.6 Å². The van der Waals surface area contributed by atoms with Gasteiger partial charge in [0.25, 0.3) is 5.91 Å². The third-order valence-corrected chi connectivity index (χ3v) is 7.52. The van der Waals surface area contributed by atoms with Crippen LogP contribution >= 0.6 is 0 Å². The number of carbonyl (C=O) groups excluding carboxylic acids is 1. The van der Waals surface area contributed by atoms with Gasteiger partial charge in [0, 0.05) is 38.6 Å². The summed E-state index contributed by atoms with van der Waals surface area (Å²) < 4.78 is 29.7. The largest absolute Gasteiger partial charge is 0.335 e. The number of amides is 1. The van der Waals surface area contributed by atoms with E-state index >= 15 is 0 Å². The summed E-state index contributed by atoms with van der Waals surface area (Å²) >= 11 is 0. The molecule has 1 aliphatic heterocycles. The number of hydrogen-bond acceptors (Lipinski definition) is 4. The van der Waals surface area contributed by atoms with Crippen LogP contribution in [-0.4, -0.2) is 59.1 Å². The Morgan fingerprint density at radius 3 is 2.28 bits per heavy atom. The minimum absolute atomic E-state index is 0.173. The molecule has 1 saturated heterocycles. The van der Waals surface area contributed by atoms with Gasteiger partial charge >= 0.3 is 0 Å². The monoisotopic (exact) mass is 412 g/mol. The zero-order valence-corrected chi connectivity index (χ0v) is 17.6. The number of pyridine rings is 1. The molecule has 152 valence electrons. The van der Waals surface area contributed by atoms with Crippen molar-refractivity contribution in [1.82, 2.24) is 18.6 Å². The number of rotatable bonds is 3. The summed E-state index contributed by atoms with van der Waals surface area (Å²) in [5, 5.41) is 0. The van der Waals surface area contributed by atoms with E-state index < -0.39 is 10.0 Å². The van der Waals surface area contributed by atoms with Crippen molar-refractivity contribution in [2.45, 2.75) is 25.7 Å². The van der Waals surface area contributed by atoms with E-state index in [1.165, 1.54) is 4.31 Å². The van der Waals surface area contributed by atoms with Gasteiger partial charge in [-0.2, -0.15) is 4.31 Å². The lowest BCUT2D eigenvalue weighted by Crippen LogP contribution is -2.50. The summed E-state index contributed by atoms with van der Waals surface area (Å²) in [5.74, 6) is -0.173. The fourth-order valence-corrected chi connectivity index (χ4v) is 5.87. The third-order valence-electron chi connectivity index (χ3n) is 5.31. The van der Waals surface area contributed by atoms with E-state index in [4.69, 9.17) is 0 Å². The minimum Gasteiger partial charge on any atom is -0.335 e. The highest BCUT2D eigenvalue weighted by Gasteiger charge is 2.32. The van der Waals surface area contributed by atoms with Crippen LogP contribution in [0.5, 0.6) is 0 Å². The van der Waals surface area contributed by atoms with E-state index in [2.05, 4.69) is 4.98 Å². The number of nitrogens with zero attached hydrogens (tertiary/aromatic N) is 4. The fourth-order valence-electron chi connectivity index (χ4n) is 4.03. The van der Waals surface area contributed by atoms with Crippen molar-refractivity contribution in [2.75, 3.05) is 26.2 Å². The average Bonchev–Trinajstić information content (AvgIpc) is 3.10. The van der Waals surface area contributed by atoms with E-state index in [9.17, 15) is 13.2 Å². The van der Waals surface area contributed by atoms with Crippen molar-refractivity contribution in [1.29, 1.82) is 0 Å². The Morgan fingerprint density at radius 1 is 1.00 bits per heavy atom. The zero-order chi connectivity index (χ0) is 20.8. The van der Waals surface area contributed by atoms with Gasteiger partial charge in [0.15, 0.2) is 0 Å². The van der Waals surface area contributed by atoms with E-state index in [0.29, 0.717) is 29.3 Å². The molecule has 7 nitrogen and oxygen atoms in total. The van der Waals surface area contributed by atoms with Gasteiger partial charge in [-0.1, -0.05) is 23.8 Å². The van der Waals surface area contributed by atoms with Crippen LogP contribution in [0.15, 0.2) is 47.6 Å². The normalized spacial score (nSPS) is 15.8. The molecule has 1 aliphatic rings. The predicted molar refractivity (Wildman–Crippen MR) is 111 cm³/mol.